The zero-order valence-corrected chi connectivity index (χ0v) is 9.60. The molecule has 0 saturated heterocycles. The summed E-state index contributed by atoms with van der Waals surface area (Å²) in [4.78, 5) is 14.0. The summed E-state index contributed by atoms with van der Waals surface area (Å²) in [6.45, 7) is 0.509. The second kappa shape index (κ2) is 4.88. The van der Waals surface area contributed by atoms with Gasteiger partial charge in [-0.1, -0.05) is 6.07 Å². The minimum Gasteiger partial charge on any atom is -0.399 e. The molecule has 17 heavy (non-hydrogen) atoms. The van der Waals surface area contributed by atoms with Crippen molar-refractivity contribution in [2.24, 2.45) is 0 Å². The molecule has 1 amide bonds. The Kier molecular flexibility index (Phi) is 3.29. The molecule has 2 rings (SSSR count). The highest BCUT2D eigenvalue weighted by Crippen LogP contribution is 2.28. The fourth-order valence-electron chi connectivity index (χ4n) is 1.84. The molecule has 4 heteroatoms. The number of hydrogen-bond donors (Lipinski definition) is 1. The van der Waals surface area contributed by atoms with Gasteiger partial charge in [0.25, 0.3) is 5.91 Å². The molecule has 1 aliphatic rings. The standard InChI is InChI=1S/C13H15N3O/c14-7-2-8-16(12-5-6-12)13(17)10-3-1-4-11(15)9-10/h1,3-4,9,12H,2,5-6,8,15H2. The smallest absolute Gasteiger partial charge is 0.254 e. The predicted octanol–water partition coefficient (Wildman–Crippen LogP) is 1.79. The van der Waals surface area contributed by atoms with Crippen LogP contribution in [0.1, 0.15) is 29.6 Å². The van der Waals surface area contributed by atoms with Crippen LogP contribution in [0.3, 0.4) is 0 Å². The summed E-state index contributed by atoms with van der Waals surface area (Å²) in [5.74, 6) is -0.0185. The molecule has 0 heterocycles. The van der Waals surface area contributed by atoms with Crippen LogP contribution in [0.15, 0.2) is 24.3 Å². The Morgan fingerprint density at radius 1 is 1.53 bits per heavy atom. The summed E-state index contributed by atoms with van der Waals surface area (Å²) in [5.41, 5.74) is 6.86. The molecular weight excluding hydrogens is 214 g/mol. The lowest BCUT2D eigenvalue weighted by molar-refractivity contribution is 0.0747. The van der Waals surface area contributed by atoms with Crippen molar-refractivity contribution in [3.05, 3.63) is 29.8 Å². The van der Waals surface area contributed by atoms with Gasteiger partial charge in [-0.2, -0.15) is 5.26 Å². The van der Waals surface area contributed by atoms with E-state index in [1.165, 1.54) is 0 Å². The van der Waals surface area contributed by atoms with Gasteiger partial charge < -0.3 is 10.6 Å². The van der Waals surface area contributed by atoms with E-state index in [4.69, 9.17) is 11.0 Å². The molecule has 0 aliphatic heterocycles. The minimum atomic E-state index is -0.0185. The Labute approximate surface area is 101 Å². The van der Waals surface area contributed by atoms with E-state index in [1.807, 2.05) is 0 Å². The van der Waals surface area contributed by atoms with Crippen LogP contribution in [0.5, 0.6) is 0 Å². The molecule has 0 atom stereocenters. The summed E-state index contributed by atoms with van der Waals surface area (Å²) < 4.78 is 0. The summed E-state index contributed by atoms with van der Waals surface area (Å²) in [6.07, 6.45) is 2.46. The van der Waals surface area contributed by atoms with Crippen LogP contribution in [0.4, 0.5) is 5.69 Å². The molecule has 0 aromatic heterocycles. The maximum absolute atomic E-state index is 12.2. The van der Waals surface area contributed by atoms with Gasteiger partial charge in [-0.3, -0.25) is 4.79 Å². The molecule has 2 N–H and O–H groups in total. The van der Waals surface area contributed by atoms with Gasteiger partial charge in [0.05, 0.1) is 12.5 Å². The van der Waals surface area contributed by atoms with E-state index < -0.39 is 0 Å². The van der Waals surface area contributed by atoms with Crippen molar-refractivity contribution in [3.8, 4) is 6.07 Å². The van der Waals surface area contributed by atoms with Gasteiger partial charge in [0.2, 0.25) is 0 Å². The van der Waals surface area contributed by atoms with Gasteiger partial charge in [0.1, 0.15) is 0 Å². The minimum absolute atomic E-state index is 0.0185. The largest absolute Gasteiger partial charge is 0.399 e. The topological polar surface area (TPSA) is 70.1 Å². The summed E-state index contributed by atoms with van der Waals surface area (Å²) in [6, 6.07) is 9.38. The lowest BCUT2D eigenvalue weighted by Gasteiger charge is -2.21. The first-order chi connectivity index (χ1) is 8.22. The first-order valence-corrected chi connectivity index (χ1v) is 5.76. The third-order valence-electron chi connectivity index (χ3n) is 2.85. The number of carbonyl (C=O) groups excluding carboxylic acids is 1. The molecule has 1 fully saturated rings. The first kappa shape index (κ1) is 11.5. The Balaban J connectivity index is 2.13. The number of nitriles is 1. The maximum atomic E-state index is 12.2. The Morgan fingerprint density at radius 3 is 2.88 bits per heavy atom. The number of amides is 1. The molecule has 4 nitrogen and oxygen atoms in total. The van der Waals surface area contributed by atoms with Crippen LogP contribution in [-0.2, 0) is 0 Å². The molecule has 1 saturated carbocycles. The van der Waals surface area contributed by atoms with Crippen molar-refractivity contribution in [2.75, 3.05) is 12.3 Å². The lowest BCUT2D eigenvalue weighted by Crippen LogP contribution is -2.33. The molecule has 88 valence electrons. The fraction of sp³-hybridized carbons (Fsp3) is 0.385. The summed E-state index contributed by atoms with van der Waals surface area (Å²) in [7, 11) is 0. The number of carbonyl (C=O) groups is 1. The monoisotopic (exact) mass is 229 g/mol. The van der Waals surface area contributed by atoms with Crippen LogP contribution in [-0.4, -0.2) is 23.4 Å². The average Bonchev–Trinajstić information content (AvgIpc) is 3.14. The maximum Gasteiger partial charge on any atom is 0.254 e. The van der Waals surface area contributed by atoms with E-state index in [-0.39, 0.29) is 5.91 Å². The average molecular weight is 229 g/mol. The fourth-order valence-corrected chi connectivity index (χ4v) is 1.84. The van der Waals surface area contributed by atoms with Gasteiger partial charge >= 0.3 is 0 Å². The number of hydrogen-bond acceptors (Lipinski definition) is 3. The van der Waals surface area contributed by atoms with Gasteiger partial charge in [0, 0.05) is 23.8 Å². The number of nitrogens with two attached hydrogens (primary N) is 1. The van der Waals surface area contributed by atoms with Crippen LogP contribution in [0.2, 0.25) is 0 Å². The Bertz CT molecular complexity index is 460. The highest BCUT2D eigenvalue weighted by molar-refractivity contribution is 5.95. The molecule has 0 bridgehead atoms. The summed E-state index contributed by atoms with van der Waals surface area (Å²) >= 11 is 0. The highest BCUT2D eigenvalue weighted by Gasteiger charge is 2.32. The lowest BCUT2D eigenvalue weighted by atomic mass is 10.1. The van der Waals surface area contributed by atoms with Gasteiger partial charge in [0.15, 0.2) is 0 Å². The third-order valence-corrected chi connectivity index (χ3v) is 2.85. The van der Waals surface area contributed by atoms with Gasteiger partial charge in [-0.15, -0.1) is 0 Å². The Morgan fingerprint density at radius 2 is 2.29 bits per heavy atom. The molecule has 0 radical (unpaired) electrons. The highest BCUT2D eigenvalue weighted by atomic mass is 16.2. The van der Waals surface area contributed by atoms with E-state index >= 15 is 0 Å². The van der Waals surface area contributed by atoms with E-state index in [1.54, 1.807) is 29.2 Å². The van der Waals surface area contributed by atoms with E-state index in [0.717, 1.165) is 12.8 Å². The third kappa shape index (κ3) is 2.76. The number of nitrogen functional groups attached to an aromatic ring is 1. The zero-order valence-electron chi connectivity index (χ0n) is 9.60. The van der Waals surface area contributed by atoms with Crippen molar-refractivity contribution >= 4 is 11.6 Å². The quantitative estimate of drug-likeness (QED) is 0.800. The normalized spacial score (nSPS) is 14.1. The van der Waals surface area contributed by atoms with E-state index in [9.17, 15) is 4.79 Å². The van der Waals surface area contributed by atoms with Crippen molar-refractivity contribution in [2.45, 2.75) is 25.3 Å². The van der Waals surface area contributed by atoms with Crippen LogP contribution in [0.25, 0.3) is 0 Å². The summed E-state index contributed by atoms with van der Waals surface area (Å²) in [5, 5.41) is 8.61. The van der Waals surface area contributed by atoms with Crippen molar-refractivity contribution < 1.29 is 4.79 Å². The molecule has 0 unspecified atom stereocenters. The second-order valence-corrected chi connectivity index (χ2v) is 4.26. The molecule has 0 spiro atoms. The molecule has 1 aromatic carbocycles. The van der Waals surface area contributed by atoms with Crippen molar-refractivity contribution in [1.82, 2.24) is 4.90 Å². The second-order valence-electron chi connectivity index (χ2n) is 4.26. The SMILES string of the molecule is N#CCCN(C(=O)c1cccc(N)c1)C1CC1. The number of benzene rings is 1. The number of nitrogens with zero attached hydrogens (tertiary/aromatic N) is 2. The van der Waals surface area contributed by atoms with Gasteiger partial charge in [-0.25, -0.2) is 0 Å². The van der Waals surface area contributed by atoms with Crippen molar-refractivity contribution in [3.63, 3.8) is 0 Å². The number of anilines is 1. The number of rotatable bonds is 4. The van der Waals surface area contributed by atoms with Crippen LogP contribution in [0, 0.1) is 11.3 Å². The van der Waals surface area contributed by atoms with Crippen molar-refractivity contribution in [1.29, 1.82) is 5.26 Å². The first-order valence-electron chi connectivity index (χ1n) is 5.76. The van der Waals surface area contributed by atoms with E-state index in [0.29, 0.717) is 30.3 Å². The van der Waals surface area contributed by atoms with E-state index in [2.05, 4.69) is 6.07 Å². The van der Waals surface area contributed by atoms with Gasteiger partial charge in [-0.05, 0) is 31.0 Å². The molecular formula is C13H15N3O. The van der Waals surface area contributed by atoms with Crippen LogP contribution < -0.4 is 5.73 Å². The molecule has 1 aliphatic carbocycles. The predicted molar refractivity (Wildman–Crippen MR) is 65.1 cm³/mol. The van der Waals surface area contributed by atoms with Crippen LogP contribution >= 0.6 is 0 Å². The zero-order chi connectivity index (χ0) is 12.3. The Hall–Kier alpha value is -2.02. The molecule has 1 aromatic rings.